The van der Waals surface area contributed by atoms with Gasteiger partial charge in [0.15, 0.2) is 0 Å². The Bertz CT molecular complexity index is 530. The first-order valence-corrected chi connectivity index (χ1v) is 6.30. The molecule has 0 spiro atoms. The number of aliphatic hydroxyl groups is 1. The van der Waals surface area contributed by atoms with Crippen molar-refractivity contribution in [1.82, 2.24) is 4.98 Å². The minimum Gasteiger partial charge on any atom is -0.478 e. The highest BCUT2D eigenvalue weighted by Crippen LogP contribution is 2.33. The third-order valence-electron chi connectivity index (χ3n) is 3.42. The monoisotopic (exact) mass is 281 g/mol. The number of hydrogen-bond acceptors (Lipinski definition) is 6. The van der Waals surface area contributed by atoms with Gasteiger partial charge in [-0.2, -0.15) is 0 Å². The fourth-order valence-electron chi connectivity index (χ4n) is 2.19. The summed E-state index contributed by atoms with van der Waals surface area (Å²) in [5.74, 6) is -1.14. The van der Waals surface area contributed by atoms with Gasteiger partial charge in [-0.1, -0.05) is 0 Å². The number of hydrogen-bond donors (Lipinski definition) is 2. The van der Waals surface area contributed by atoms with Gasteiger partial charge in [0.05, 0.1) is 17.1 Å². The molecule has 0 atom stereocenters. The first-order valence-electron chi connectivity index (χ1n) is 6.30. The molecule has 1 aromatic heterocycles. The van der Waals surface area contributed by atoms with Crippen LogP contribution in [0.15, 0.2) is 12.3 Å². The van der Waals surface area contributed by atoms with Crippen LogP contribution < -0.4 is 4.90 Å². The number of carboxylic acids is 1. The van der Waals surface area contributed by atoms with Gasteiger partial charge in [-0.3, -0.25) is 10.1 Å². The predicted octanol–water partition coefficient (Wildman–Crippen LogP) is 1.04. The summed E-state index contributed by atoms with van der Waals surface area (Å²) < 4.78 is 0. The Morgan fingerprint density at radius 3 is 2.70 bits per heavy atom. The van der Waals surface area contributed by atoms with Gasteiger partial charge in [0.25, 0.3) is 0 Å². The molecule has 0 amide bonds. The lowest BCUT2D eigenvalue weighted by molar-refractivity contribution is -0.384. The fraction of sp³-hybridized carbons (Fsp3) is 0.500. The van der Waals surface area contributed by atoms with E-state index in [-0.39, 0.29) is 36.3 Å². The zero-order chi connectivity index (χ0) is 14.7. The van der Waals surface area contributed by atoms with E-state index in [4.69, 9.17) is 10.2 Å². The zero-order valence-corrected chi connectivity index (χ0v) is 10.7. The minimum absolute atomic E-state index is 0.115. The summed E-state index contributed by atoms with van der Waals surface area (Å²) >= 11 is 0. The van der Waals surface area contributed by atoms with Gasteiger partial charge < -0.3 is 15.1 Å². The van der Waals surface area contributed by atoms with Crippen molar-refractivity contribution < 1.29 is 19.9 Å². The molecule has 8 nitrogen and oxygen atoms in total. The minimum atomic E-state index is -1.26. The Morgan fingerprint density at radius 2 is 2.25 bits per heavy atom. The van der Waals surface area contributed by atoms with Crippen molar-refractivity contribution in [3.63, 3.8) is 0 Å². The van der Waals surface area contributed by atoms with Gasteiger partial charge in [-0.25, -0.2) is 9.78 Å². The predicted molar refractivity (Wildman–Crippen MR) is 69.9 cm³/mol. The Kier molecular flexibility index (Phi) is 4.14. The molecule has 108 valence electrons. The van der Waals surface area contributed by atoms with Crippen LogP contribution in [-0.4, -0.2) is 45.3 Å². The lowest BCUT2D eigenvalue weighted by Crippen LogP contribution is -2.42. The molecule has 0 bridgehead atoms. The SMILES string of the molecule is O=C(O)c1cnc(N(CCO)C2CCC2)c([N+](=O)[O-])c1. The van der Waals surface area contributed by atoms with Crippen LogP contribution in [0, 0.1) is 10.1 Å². The summed E-state index contributed by atoms with van der Waals surface area (Å²) in [6, 6.07) is 1.12. The van der Waals surface area contributed by atoms with Crippen molar-refractivity contribution >= 4 is 17.5 Å². The molecule has 0 saturated heterocycles. The largest absolute Gasteiger partial charge is 0.478 e. The quantitative estimate of drug-likeness (QED) is 0.591. The van der Waals surface area contributed by atoms with Crippen molar-refractivity contribution in [2.45, 2.75) is 25.3 Å². The molecule has 1 aliphatic carbocycles. The molecular weight excluding hydrogens is 266 g/mol. The van der Waals surface area contributed by atoms with E-state index in [9.17, 15) is 14.9 Å². The smallest absolute Gasteiger partial charge is 0.337 e. The average Bonchev–Trinajstić information content (AvgIpc) is 2.35. The molecule has 1 saturated carbocycles. The summed E-state index contributed by atoms with van der Waals surface area (Å²) in [6.45, 7) is 0.0982. The topological polar surface area (TPSA) is 117 Å². The molecule has 0 unspecified atom stereocenters. The lowest BCUT2D eigenvalue weighted by atomic mass is 9.91. The lowest BCUT2D eigenvalue weighted by Gasteiger charge is -2.37. The van der Waals surface area contributed by atoms with Crippen molar-refractivity contribution in [2.24, 2.45) is 0 Å². The fourth-order valence-corrected chi connectivity index (χ4v) is 2.19. The maximum atomic E-state index is 11.1. The van der Waals surface area contributed by atoms with Crippen LogP contribution in [-0.2, 0) is 0 Å². The summed E-state index contributed by atoms with van der Waals surface area (Å²) in [5.41, 5.74) is -0.566. The van der Waals surface area contributed by atoms with Crippen LogP contribution in [0.1, 0.15) is 29.6 Å². The molecule has 1 heterocycles. The molecule has 2 rings (SSSR count). The second-order valence-corrected chi connectivity index (χ2v) is 4.63. The first-order chi connectivity index (χ1) is 9.54. The Labute approximate surface area is 114 Å². The summed E-state index contributed by atoms with van der Waals surface area (Å²) in [4.78, 5) is 27.0. The van der Waals surface area contributed by atoms with Crippen LogP contribution >= 0.6 is 0 Å². The number of aliphatic hydroxyl groups excluding tert-OH is 1. The van der Waals surface area contributed by atoms with Gasteiger partial charge in [0.1, 0.15) is 0 Å². The van der Waals surface area contributed by atoms with Crippen LogP contribution in [0.4, 0.5) is 11.5 Å². The van der Waals surface area contributed by atoms with E-state index in [1.54, 1.807) is 4.90 Å². The van der Waals surface area contributed by atoms with Crippen LogP contribution in [0.25, 0.3) is 0 Å². The molecule has 0 aromatic carbocycles. The van der Waals surface area contributed by atoms with E-state index in [0.29, 0.717) is 0 Å². The van der Waals surface area contributed by atoms with E-state index in [1.165, 1.54) is 0 Å². The number of rotatable bonds is 6. The summed E-state index contributed by atoms with van der Waals surface area (Å²) in [7, 11) is 0. The number of carboxylic acid groups (broad SMARTS) is 1. The van der Waals surface area contributed by atoms with E-state index in [1.807, 2.05) is 0 Å². The number of aromatic carboxylic acids is 1. The van der Waals surface area contributed by atoms with Gasteiger partial charge in [0.2, 0.25) is 5.82 Å². The van der Waals surface area contributed by atoms with Crippen LogP contribution in [0.3, 0.4) is 0 Å². The number of anilines is 1. The summed E-state index contributed by atoms with van der Waals surface area (Å²) in [5, 5.41) is 29.1. The second kappa shape index (κ2) is 5.83. The molecule has 2 N–H and O–H groups in total. The molecule has 0 radical (unpaired) electrons. The highest BCUT2D eigenvalue weighted by Gasteiger charge is 2.31. The number of carbonyl (C=O) groups is 1. The van der Waals surface area contributed by atoms with E-state index in [2.05, 4.69) is 4.98 Å². The number of aromatic nitrogens is 1. The summed E-state index contributed by atoms with van der Waals surface area (Å²) in [6.07, 6.45) is 3.92. The third-order valence-corrected chi connectivity index (χ3v) is 3.42. The van der Waals surface area contributed by atoms with Gasteiger partial charge in [0, 0.05) is 24.8 Å². The second-order valence-electron chi connectivity index (χ2n) is 4.63. The number of nitrogens with zero attached hydrogens (tertiary/aromatic N) is 3. The Hall–Kier alpha value is -2.22. The molecule has 1 aliphatic rings. The molecule has 20 heavy (non-hydrogen) atoms. The molecular formula is C12H15N3O5. The third kappa shape index (κ3) is 2.69. The van der Waals surface area contributed by atoms with Gasteiger partial charge in [-0.05, 0) is 19.3 Å². The van der Waals surface area contributed by atoms with Crippen LogP contribution in [0.2, 0.25) is 0 Å². The number of pyridine rings is 1. The van der Waals surface area contributed by atoms with Crippen molar-refractivity contribution in [2.75, 3.05) is 18.1 Å². The van der Waals surface area contributed by atoms with Gasteiger partial charge in [-0.15, -0.1) is 0 Å². The number of nitro groups is 1. The average molecular weight is 281 g/mol. The maximum absolute atomic E-state index is 11.1. The normalized spacial score (nSPS) is 14.7. The van der Waals surface area contributed by atoms with Crippen molar-refractivity contribution in [3.8, 4) is 0 Å². The zero-order valence-electron chi connectivity index (χ0n) is 10.7. The highest BCUT2D eigenvalue weighted by atomic mass is 16.6. The van der Waals surface area contributed by atoms with Crippen molar-refractivity contribution in [1.29, 1.82) is 0 Å². The molecule has 8 heteroatoms. The standard InChI is InChI=1S/C12H15N3O5/c16-5-4-14(9-2-1-3-9)11-10(15(19)20)6-8(7-13-11)12(17)18/h6-7,9,16H,1-5H2,(H,17,18). The van der Waals surface area contributed by atoms with Crippen LogP contribution in [0.5, 0.6) is 0 Å². The Morgan fingerprint density at radius 1 is 1.55 bits per heavy atom. The molecule has 0 aliphatic heterocycles. The molecule has 1 fully saturated rings. The van der Waals surface area contributed by atoms with E-state index < -0.39 is 10.9 Å². The van der Waals surface area contributed by atoms with E-state index in [0.717, 1.165) is 31.5 Å². The van der Waals surface area contributed by atoms with Crippen molar-refractivity contribution in [3.05, 3.63) is 27.9 Å². The molecule has 1 aromatic rings. The van der Waals surface area contributed by atoms with Gasteiger partial charge >= 0.3 is 11.7 Å². The maximum Gasteiger partial charge on any atom is 0.337 e. The first kappa shape index (κ1) is 14.2. The highest BCUT2D eigenvalue weighted by molar-refractivity contribution is 5.88. The van der Waals surface area contributed by atoms with E-state index >= 15 is 0 Å². The Balaban J connectivity index is 2.41.